The lowest BCUT2D eigenvalue weighted by atomic mass is 9.94. The van der Waals surface area contributed by atoms with Crippen LogP contribution in [-0.2, 0) is 11.2 Å². The molecule has 104 valence electrons. The second kappa shape index (κ2) is 4.90. The largest absolute Gasteiger partial charge is 0.481 e. The summed E-state index contributed by atoms with van der Waals surface area (Å²) in [6.07, 6.45) is -4.69. The molecule has 0 spiro atoms. The Kier molecular flexibility index (Phi) is 3.75. The maximum atomic E-state index is 12.9. The van der Waals surface area contributed by atoms with Crippen molar-refractivity contribution in [2.24, 2.45) is 5.92 Å². The number of carboxylic acid groups (broad SMARTS) is 1. The van der Waals surface area contributed by atoms with E-state index in [4.69, 9.17) is 16.7 Å². The quantitative estimate of drug-likeness (QED) is 0.854. The number of thioether (sulfide) groups is 1. The summed E-state index contributed by atoms with van der Waals surface area (Å²) in [5, 5.41) is 7.50. The predicted octanol–water partition coefficient (Wildman–Crippen LogP) is 3.93. The molecule has 2 atom stereocenters. The van der Waals surface area contributed by atoms with Crippen molar-refractivity contribution >= 4 is 29.3 Å². The lowest BCUT2D eigenvalue weighted by Crippen LogP contribution is -2.41. The van der Waals surface area contributed by atoms with Crippen LogP contribution >= 0.6 is 23.4 Å². The lowest BCUT2D eigenvalue weighted by Gasteiger charge is -2.31. The van der Waals surface area contributed by atoms with E-state index in [-0.39, 0.29) is 6.42 Å². The molecule has 1 aliphatic heterocycles. The van der Waals surface area contributed by atoms with Gasteiger partial charge in [-0.05, 0) is 36.6 Å². The number of fused-ring (bicyclic) bond motifs is 1. The molecule has 1 N–H and O–H groups in total. The highest BCUT2D eigenvalue weighted by atomic mass is 35.5. The first-order chi connectivity index (χ1) is 8.70. The van der Waals surface area contributed by atoms with Gasteiger partial charge in [0.15, 0.2) is 0 Å². The number of benzene rings is 1. The van der Waals surface area contributed by atoms with Gasteiger partial charge in [0.25, 0.3) is 0 Å². The molecular formula is C12H10ClF3O2S. The molecule has 1 heterocycles. The van der Waals surface area contributed by atoms with Gasteiger partial charge in [0.05, 0.1) is 5.92 Å². The molecule has 0 amide bonds. The molecule has 1 aromatic carbocycles. The van der Waals surface area contributed by atoms with E-state index in [1.807, 2.05) is 0 Å². The number of carboxylic acids is 1. The summed E-state index contributed by atoms with van der Waals surface area (Å²) in [6.45, 7) is 1.70. The number of halogens is 4. The van der Waals surface area contributed by atoms with E-state index in [0.29, 0.717) is 32.8 Å². The Labute approximate surface area is 116 Å². The van der Waals surface area contributed by atoms with E-state index in [9.17, 15) is 18.0 Å². The minimum atomic E-state index is -4.54. The normalized spacial score (nSPS) is 23.0. The van der Waals surface area contributed by atoms with Gasteiger partial charge in [-0.3, -0.25) is 4.79 Å². The number of rotatable bonds is 1. The first-order valence-electron chi connectivity index (χ1n) is 5.45. The minimum Gasteiger partial charge on any atom is -0.481 e. The van der Waals surface area contributed by atoms with Gasteiger partial charge in [0, 0.05) is 9.92 Å². The second-order valence-electron chi connectivity index (χ2n) is 4.44. The SMILES string of the molecule is Cc1cc2c(cc1Cl)CC(C(=O)O)C(C(F)(F)F)S2. The summed E-state index contributed by atoms with van der Waals surface area (Å²) in [5.74, 6) is -2.91. The van der Waals surface area contributed by atoms with E-state index in [1.165, 1.54) is 0 Å². The van der Waals surface area contributed by atoms with Crippen molar-refractivity contribution in [3.63, 3.8) is 0 Å². The molecule has 2 unspecified atom stereocenters. The van der Waals surface area contributed by atoms with Crippen molar-refractivity contribution in [2.45, 2.75) is 29.7 Å². The Bertz CT molecular complexity index is 530. The van der Waals surface area contributed by atoms with Gasteiger partial charge in [0.2, 0.25) is 0 Å². The van der Waals surface area contributed by atoms with Crippen molar-refractivity contribution in [3.8, 4) is 0 Å². The third-order valence-electron chi connectivity index (χ3n) is 3.04. The molecule has 0 aromatic heterocycles. The molecule has 0 saturated carbocycles. The zero-order valence-electron chi connectivity index (χ0n) is 9.79. The highest BCUT2D eigenvalue weighted by molar-refractivity contribution is 8.00. The molecule has 0 saturated heterocycles. The van der Waals surface area contributed by atoms with E-state index in [0.717, 1.165) is 0 Å². The summed E-state index contributed by atoms with van der Waals surface area (Å²) >= 11 is 6.48. The molecular weight excluding hydrogens is 301 g/mol. The molecule has 0 radical (unpaired) electrons. The van der Waals surface area contributed by atoms with Gasteiger partial charge in [-0.15, -0.1) is 11.8 Å². The van der Waals surface area contributed by atoms with Crippen molar-refractivity contribution in [2.75, 3.05) is 0 Å². The average Bonchev–Trinajstić information content (AvgIpc) is 2.27. The van der Waals surface area contributed by atoms with Crippen LogP contribution < -0.4 is 0 Å². The van der Waals surface area contributed by atoms with Crippen molar-refractivity contribution in [1.82, 2.24) is 0 Å². The van der Waals surface area contributed by atoms with Crippen molar-refractivity contribution in [3.05, 3.63) is 28.3 Å². The molecule has 0 bridgehead atoms. The minimum absolute atomic E-state index is 0.151. The molecule has 1 aliphatic rings. The Morgan fingerprint density at radius 3 is 2.63 bits per heavy atom. The molecule has 0 aliphatic carbocycles. The summed E-state index contributed by atoms with van der Waals surface area (Å²) in [6, 6.07) is 3.14. The third-order valence-corrected chi connectivity index (χ3v) is 4.93. The van der Waals surface area contributed by atoms with Gasteiger partial charge >= 0.3 is 12.1 Å². The summed E-state index contributed by atoms with van der Waals surface area (Å²) in [7, 11) is 0. The average molecular weight is 311 g/mol. The van der Waals surface area contributed by atoms with E-state index in [2.05, 4.69) is 0 Å². The Hall–Kier alpha value is -0.880. The van der Waals surface area contributed by atoms with Crippen LogP contribution in [-0.4, -0.2) is 22.5 Å². The smallest absolute Gasteiger partial charge is 0.401 e. The maximum Gasteiger partial charge on any atom is 0.401 e. The number of aliphatic carboxylic acids is 1. The predicted molar refractivity (Wildman–Crippen MR) is 66.7 cm³/mol. The highest BCUT2D eigenvalue weighted by Crippen LogP contribution is 2.47. The molecule has 7 heteroatoms. The first kappa shape index (κ1) is 14.5. The fraction of sp³-hybridized carbons (Fsp3) is 0.417. The van der Waals surface area contributed by atoms with E-state index >= 15 is 0 Å². The zero-order valence-corrected chi connectivity index (χ0v) is 11.4. The van der Waals surface area contributed by atoms with Crippen LogP contribution in [0.1, 0.15) is 11.1 Å². The van der Waals surface area contributed by atoms with Crippen LogP contribution in [0, 0.1) is 12.8 Å². The fourth-order valence-electron chi connectivity index (χ4n) is 2.04. The zero-order chi connectivity index (χ0) is 14.4. The molecule has 19 heavy (non-hydrogen) atoms. The van der Waals surface area contributed by atoms with Crippen LogP contribution in [0.3, 0.4) is 0 Å². The van der Waals surface area contributed by atoms with Gasteiger partial charge in [-0.2, -0.15) is 13.2 Å². The fourth-order valence-corrected chi connectivity index (χ4v) is 3.55. The first-order valence-corrected chi connectivity index (χ1v) is 6.71. The Morgan fingerprint density at radius 2 is 2.11 bits per heavy atom. The summed E-state index contributed by atoms with van der Waals surface area (Å²) < 4.78 is 38.7. The van der Waals surface area contributed by atoms with Crippen molar-refractivity contribution in [1.29, 1.82) is 0 Å². The van der Waals surface area contributed by atoms with Crippen LogP contribution in [0.25, 0.3) is 0 Å². The van der Waals surface area contributed by atoms with Gasteiger partial charge < -0.3 is 5.11 Å². The second-order valence-corrected chi connectivity index (χ2v) is 6.03. The molecule has 2 nitrogen and oxygen atoms in total. The van der Waals surface area contributed by atoms with Crippen molar-refractivity contribution < 1.29 is 23.1 Å². The Balaban J connectivity index is 2.45. The summed E-state index contributed by atoms with van der Waals surface area (Å²) in [4.78, 5) is 11.5. The van der Waals surface area contributed by atoms with E-state index in [1.54, 1.807) is 19.1 Å². The summed E-state index contributed by atoms with van der Waals surface area (Å²) in [5.41, 5.74) is 1.25. The number of aryl methyl sites for hydroxylation is 1. The van der Waals surface area contributed by atoms with Crippen LogP contribution in [0.4, 0.5) is 13.2 Å². The van der Waals surface area contributed by atoms with Gasteiger partial charge in [-0.25, -0.2) is 0 Å². The third kappa shape index (κ3) is 2.84. The molecule has 0 fully saturated rings. The van der Waals surface area contributed by atoms with Crippen LogP contribution in [0.15, 0.2) is 17.0 Å². The van der Waals surface area contributed by atoms with Crippen LogP contribution in [0.2, 0.25) is 5.02 Å². The number of hydrogen-bond donors (Lipinski definition) is 1. The molecule has 2 rings (SSSR count). The van der Waals surface area contributed by atoms with Crippen LogP contribution in [0.5, 0.6) is 0 Å². The standard InChI is InChI=1S/C12H10ClF3O2S/c1-5-2-9-6(4-8(5)13)3-7(11(17)18)10(19-9)12(14,15)16/h2,4,7,10H,3H2,1H3,(H,17,18). The topological polar surface area (TPSA) is 37.3 Å². The monoisotopic (exact) mass is 310 g/mol. The number of carbonyl (C=O) groups is 1. The number of hydrogen-bond acceptors (Lipinski definition) is 2. The molecule has 1 aromatic rings. The Morgan fingerprint density at radius 1 is 1.47 bits per heavy atom. The lowest BCUT2D eigenvalue weighted by molar-refractivity contribution is -0.160. The maximum absolute atomic E-state index is 12.9. The van der Waals surface area contributed by atoms with Gasteiger partial charge in [-0.1, -0.05) is 11.6 Å². The number of alkyl halides is 3. The highest BCUT2D eigenvalue weighted by Gasteiger charge is 2.50. The van der Waals surface area contributed by atoms with E-state index < -0.39 is 23.3 Å². The van der Waals surface area contributed by atoms with Gasteiger partial charge in [0.1, 0.15) is 5.25 Å².